The first-order chi connectivity index (χ1) is 15.0. The molecule has 0 radical (unpaired) electrons. The number of nitro groups is 1. The Bertz CT molecular complexity index is 1020. The molecule has 0 saturated carbocycles. The van der Waals surface area contributed by atoms with Gasteiger partial charge in [-0.3, -0.25) is 14.9 Å². The zero-order valence-electron chi connectivity index (χ0n) is 17.2. The molecule has 1 amide bonds. The molecule has 0 atom stereocenters. The normalized spacial score (nSPS) is 10.8. The molecule has 3 aromatic rings. The molecule has 0 aliphatic carbocycles. The number of amides is 1. The van der Waals surface area contributed by atoms with Crippen LogP contribution in [0.2, 0.25) is 0 Å². The standard InChI is InChI=1S/C23H24BrN3O4/c1-31-15-3-14-26(23(28)19-7-11-21(12-8-19)27(29)30)17-22-4-2-13-25(22)16-18-5-9-20(24)10-6-18/h2,4-13H,3,14-17H2,1H3. The quantitative estimate of drug-likeness (QED) is 0.232. The van der Waals surface area contributed by atoms with Crippen LogP contribution in [0.1, 0.15) is 28.0 Å². The molecule has 0 aliphatic heterocycles. The number of ether oxygens (including phenoxy) is 1. The van der Waals surface area contributed by atoms with Gasteiger partial charge in [0.05, 0.1) is 11.5 Å². The van der Waals surface area contributed by atoms with Gasteiger partial charge in [-0.05, 0) is 48.4 Å². The van der Waals surface area contributed by atoms with Gasteiger partial charge in [-0.25, -0.2) is 0 Å². The van der Waals surface area contributed by atoms with Crippen molar-refractivity contribution in [2.45, 2.75) is 19.5 Å². The number of hydrogen-bond acceptors (Lipinski definition) is 4. The first-order valence-corrected chi connectivity index (χ1v) is 10.7. The minimum Gasteiger partial charge on any atom is -0.385 e. The molecule has 0 aliphatic rings. The summed E-state index contributed by atoms with van der Waals surface area (Å²) in [6.07, 6.45) is 2.70. The fourth-order valence-corrected chi connectivity index (χ4v) is 3.55. The predicted octanol–water partition coefficient (Wildman–Crippen LogP) is 4.89. The third-order valence-electron chi connectivity index (χ3n) is 4.93. The molecule has 7 nitrogen and oxygen atoms in total. The minimum absolute atomic E-state index is 0.0362. The van der Waals surface area contributed by atoms with Crippen LogP contribution in [0.25, 0.3) is 0 Å². The number of carbonyl (C=O) groups excluding carboxylic acids is 1. The lowest BCUT2D eigenvalue weighted by Gasteiger charge is -2.24. The Morgan fingerprint density at radius 3 is 2.48 bits per heavy atom. The molecule has 0 N–H and O–H groups in total. The van der Waals surface area contributed by atoms with Crippen LogP contribution >= 0.6 is 15.9 Å². The second-order valence-corrected chi connectivity index (χ2v) is 8.05. The monoisotopic (exact) mass is 485 g/mol. The minimum atomic E-state index is -0.473. The molecule has 0 spiro atoms. The predicted molar refractivity (Wildman–Crippen MR) is 122 cm³/mol. The molecule has 0 saturated heterocycles. The number of carbonyl (C=O) groups is 1. The topological polar surface area (TPSA) is 77.6 Å². The van der Waals surface area contributed by atoms with Gasteiger partial charge < -0.3 is 14.2 Å². The van der Waals surface area contributed by atoms with Crippen LogP contribution in [-0.2, 0) is 17.8 Å². The first kappa shape index (κ1) is 22.7. The Labute approximate surface area is 189 Å². The maximum absolute atomic E-state index is 13.2. The highest BCUT2D eigenvalue weighted by molar-refractivity contribution is 9.10. The van der Waals surface area contributed by atoms with Crippen molar-refractivity contribution in [2.24, 2.45) is 0 Å². The van der Waals surface area contributed by atoms with Crippen molar-refractivity contribution in [1.29, 1.82) is 0 Å². The number of hydrogen-bond donors (Lipinski definition) is 0. The second-order valence-electron chi connectivity index (χ2n) is 7.13. The van der Waals surface area contributed by atoms with Gasteiger partial charge >= 0.3 is 0 Å². The Balaban J connectivity index is 1.78. The maximum Gasteiger partial charge on any atom is 0.269 e. The van der Waals surface area contributed by atoms with Crippen LogP contribution in [0.4, 0.5) is 5.69 Å². The summed E-state index contributed by atoms with van der Waals surface area (Å²) in [5.74, 6) is -0.164. The molecule has 2 aromatic carbocycles. The van der Waals surface area contributed by atoms with E-state index in [0.29, 0.717) is 38.2 Å². The summed E-state index contributed by atoms with van der Waals surface area (Å²) in [6.45, 7) is 2.20. The average molecular weight is 486 g/mol. The molecule has 3 rings (SSSR count). The van der Waals surface area contributed by atoms with E-state index >= 15 is 0 Å². The van der Waals surface area contributed by atoms with Gasteiger partial charge in [-0.1, -0.05) is 28.1 Å². The number of rotatable bonds is 10. The van der Waals surface area contributed by atoms with Gasteiger partial charge in [0, 0.05) is 60.9 Å². The van der Waals surface area contributed by atoms with E-state index in [1.807, 2.05) is 30.5 Å². The van der Waals surface area contributed by atoms with Crippen LogP contribution in [0.15, 0.2) is 71.3 Å². The molecule has 1 aromatic heterocycles. The van der Waals surface area contributed by atoms with Crippen LogP contribution in [0, 0.1) is 10.1 Å². The summed E-state index contributed by atoms with van der Waals surface area (Å²) in [7, 11) is 1.63. The molecule has 31 heavy (non-hydrogen) atoms. The molecule has 8 heteroatoms. The SMILES string of the molecule is COCCCN(Cc1cccn1Cc1ccc(Br)cc1)C(=O)c1ccc([N+](=O)[O-])cc1. The molecule has 1 heterocycles. The summed E-state index contributed by atoms with van der Waals surface area (Å²) < 4.78 is 8.30. The van der Waals surface area contributed by atoms with Crippen molar-refractivity contribution in [3.8, 4) is 0 Å². The molecular formula is C23H24BrN3O4. The van der Waals surface area contributed by atoms with Crippen molar-refractivity contribution < 1.29 is 14.5 Å². The van der Waals surface area contributed by atoms with Crippen LogP contribution in [0.5, 0.6) is 0 Å². The Kier molecular flexibility index (Phi) is 7.97. The third-order valence-corrected chi connectivity index (χ3v) is 5.46. The van der Waals surface area contributed by atoms with Crippen molar-refractivity contribution in [3.63, 3.8) is 0 Å². The van der Waals surface area contributed by atoms with E-state index in [1.54, 1.807) is 12.0 Å². The maximum atomic E-state index is 13.2. The number of nitrogens with zero attached hydrogens (tertiary/aromatic N) is 3. The average Bonchev–Trinajstić information content (AvgIpc) is 3.21. The smallest absolute Gasteiger partial charge is 0.269 e. The van der Waals surface area contributed by atoms with Crippen molar-refractivity contribution >= 4 is 27.5 Å². The Morgan fingerprint density at radius 2 is 1.84 bits per heavy atom. The van der Waals surface area contributed by atoms with E-state index in [9.17, 15) is 14.9 Å². The number of non-ortho nitro benzene ring substituents is 1. The van der Waals surface area contributed by atoms with Gasteiger partial charge in [0.2, 0.25) is 0 Å². The number of nitro benzene ring substituents is 1. The summed E-state index contributed by atoms with van der Waals surface area (Å²) >= 11 is 3.45. The number of aromatic nitrogens is 1. The van der Waals surface area contributed by atoms with Gasteiger partial charge in [-0.15, -0.1) is 0 Å². The lowest BCUT2D eigenvalue weighted by atomic mass is 10.1. The van der Waals surface area contributed by atoms with E-state index in [0.717, 1.165) is 15.7 Å². The van der Waals surface area contributed by atoms with E-state index in [-0.39, 0.29) is 11.6 Å². The van der Waals surface area contributed by atoms with E-state index < -0.39 is 4.92 Å². The molecule has 0 unspecified atom stereocenters. The third kappa shape index (κ3) is 6.26. The number of methoxy groups -OCH3 is 1. The van der Waals surface area contributed by atoms with Gasteiger partial charge in [0.15, 0.2) is 0 Å². The zero-order chi connectivity index (χ0) is 22.2. The second kappa shape index (κ2) is 10.9. The van der Waals surface area contributed by atoms with E-state index in [1.165, 1.54) is 24.3 Å². The Morgan fingerprint density at radius 1 is 1.13 bits per heavy atom. The zero-order valence-corrected chi connectivity index (χ0v) is 18.8. The van der Waals surface area contributed by atoms with Gasteiger partial charge in [-0.2, -0.15) is 0 Å². The summed E-state index contributed by atoms with van der Waals surface area (Å²) in [5.41, 5.74) is 2.56. The highest BCUT2D eigenvalue weighted by atomic mass is 79.9. The van der Waals surface area contributed by atoms with Gasteiger partial charge in [0.25, 0.3) is 11.6 Å². The van der Waals surface area contributed by atoms with Crippen molar-refractivity contribution in [1.82, 2.24) is 9.47 Å². The summed E-state index contributed by atoms with van der Waals surface area (Å²) in [4.78, 5) is 25.3. The highest BCUT2D eigenvalue weighted by Crippen LogP contribution is 2.17. The lowest BCUT2D eigenvalue weighted by Crippen LogP contribution is -2.33. The van der Waals surface area contributed by atoms with Crippen LogP contribution < -0.4 is 0 Å². The fourth-order valence-electron chi connectivity index (χ4n) is 3.29. The van der Waals surface area contributed by atoms with Crippen LogP contribution in [-0.4, -0.2) is 40.6 Å². The summed E-state index contributed by atoms with van der Waals surface area (Å²) in [5, 5.41) is 10.9. The first-order valence-electron chi connectivity index (χ1n) is 9.89. The molecule has 0 bridgehead atoms. The van der Waals surface area contributed by atoms with Crippen molar-refractivity contribution in [3.05, 3.63) is 98.3 Å². The Hall–Kier alpha value is -2.97. The van der Waals surface area contributed by atoms with Crippen LogP contribution in [0.3, 0.4) is 0 Å². The van der Waals surface area contributed by atoms with Crippen molar-refractivity contribution in [2.75, 3.05) is 20.3 Å². The largest absolute Gasteiger partial charge is 0.385 e. The van der Waals surface area contributed by atoms with E-state index in [2.05, 4.69) is 32.6 Å². The van der Waals surface area contributed by atoms with Gasteiger partial charge in [0.1, 0.15) is 0 Å². The molecule has 162 valence electrons. The lowest BCUT2D eigenvalue weighted by molar-refractivity contribution is -0.384. The van der Waals surface area contributed by atoms with E-state index in [4.69, 9.17) is 4.74 Å². The number of halogens is 1. The highest BCUT2D eigenvalue weighted by Gasteiger charge is 2.18. The fraction of sp³-hybridized carbons (Fsp3) is 0.261. The molecule has 0 fully saturated rings. The number of benzene rings is 2. The summed E-state index contributed by atoms with van der Waals surface area (Å²) in [6, 6.07) is 17.8. The molecular weight excluding hydrogens is 462 g/mol.